The molecule has 1 atom stereocenters. The van der Waals surface area contributed by atoms with Crippen LogP contribution in [0, 0.1) is 0 Å². The first-order chi connectivity index (χ1) is 8.74. The van der Waals surface area contributed by atoms with Crippen LogP contribution in [0.3, 0.4) is 0 Å². The van der Waals surface area contributed by atoms with Gasteiger partial charge in [0.05, 0.1) is 19.3 Å². The normalized spacial score (nSPS) is 12.3. The van der Waals surface area contributed by atoms with E-state index in [9.17, 15) is 5.11 Å². The molecule has 4 heteroatoms. The topological polar surface area (TPSA) is 41.5 Å². The maximum Gasteiger partial charge on any atom is 0.0914 e. The predicted molar refractivity (Wildman–Crippen MR) is 74.9 cm³/mol. The molecule has 0 aromatic heterocycles. The fourth-order valence-corrected chi connectivity index (χ4v) is 1.58. The Bertz CT molecular complexity index is 340. The molecule has 100 valence electrons. The largest absolute Gasteiger partial charge is 0.387 e. The molecule has 0 aliphatic heterocycles. The first-order valence-corrected chi connectivity index (χ1v) is 6.44. The zero-order valence-corrected chi connectivity index (χ0v) is 11.2. The molecule has 0 saturated carbocycles. The maximum atomic E-state index is 9.89. The number of hydrogen-bond acceptors (Lipinski definition) is 3. The van der Waals surface area contributed by atoms with E-state index in [1.807, 2.05) is 18.2 Å². The van der Waals surface area contributed by atoms with Gasteiger partial charge in [0.25, 0.3) is 0 Å². The van der Waals surface area contributed by atoms with Crippen molar-refractivity contribution in [3.05, 3.63) is 47.5 Å². The molecule has 0 bridgehead atoms. The molecule has 0 aliphatic carbocycles. The van der Waals surface area contributed by atoms with Crippen molar-refractivity contribution in [1.29, 1.82) is 0 Å². The molecule has 0 heterocycles. The van der Waals surface area contributed by atoms with Gasteiger partial charge in [0.2, 0.25) is 0 Å². The minimum absolute atomic E-state index is 0.506. The van der Waals surface area contributed by atoms with E-state index in [2.05, 4.69) is 11.9 Å². The van der Waals surface area contributed by atoms with Crippen molar-refractivity contribution >= 4 is 11.6 Å². The first kappa shape index (κ1) is 15.2. The second-order valence-electron chi connectivity index (χ2n) is 3.96. The number of halogens is 1. The van der Waals surface area contributed by atoms with Crippen LogP contribution in [-0.2, 0) is 4.74 Å². The summed E-state index contributed by atoms with van der Waals surface area (Å²) in [7, 11) is 0. The van der Waals surface area contributed by atoms with E-state index in [-0.39, 0.29) is 0 Å². The van der Waals surface area contributed by atoms with Crippen LogP contribution in [0.15, 0.2) is 36.9 Å². The lowest BCUT2D eigenvalue weighted by Gasteiger charge is -2.12. The maximum absolute atomic E-state index is 9.89. The van der Waals surface area contributed by atoms with Crippen LogP contribution < -0.4 is 5.32 Å². The van der Waals surface area contributed by atoms with Crippen LogP contribution in [-0.4, -0.2) is 31.4 Å². The summed E-state index contributed by atoms with van der Waals surface area (Å²) in [5.74, 6) is 0. The molecule has 1 unspecified atom stereocenters. The summed E-state index contributed by atoms with van der Waals surface area (Å²) in [4.78, 5) is 0. The lowest BCUT2D eigenvalue weighted by atomic mass is 10.1. The van der Waals surface area contributed by atoms with Gasteiger partial charge >= 0.3 is 0 Å². The van der Waals surface area contributed by atoms with Crippen molar-refractivity contribution in [2.45, 2.75) is 12.5 Å². The highest BCUT2D eigenvalue weighted by Gasteiger charge is 2.06. The second kappa shape index (κ2) is 9.11. The van der Waals surface area contributed by atoms with Crippen molar-refractivity contribution in [1.82, 2.24) is 5.32 Å². The lowest BCUT2D eigenvalue weighted by Crippen LogP contribution is -2.25. The Morgan fingerprint density at radius 2 is 2.06 bits per heavy atom. The quantitative estimate of drug-likeness (QED) is 0.535. The number of rotatable bonds is 9. The number of aliphatic hydroxyl groups excluding tert-OH is 1. The fraction of sp³-hybridized carbons (Fsp3) is 0.429. The van der Waals surface area contributed by atoms with E-state index < -0.39 is 6.10 Å². The van der Waals surface area contributed by atoms with Gasteiger partial charge in [-0.25, -0.2) is 0 Å². The summed E-state index contributed by atoms with van der Waals surface area (Å²) in [5, 5.41) is 13.7. The van der Waals surface area contributed by atoms with Gasteiger partial charge in [-0.1, -0.05) is 29.8 Å². The summed E-state index contributed by atoms with van der Waals surface area (Å²) >= 11 is 5.78. The third-order valence-electron chi connectivity index (χ3n) is 2.48. The SMILES string of the molecule is C=CCCOCCNCC(O)c1ccc(Cl)cc1. The molecule has 0 radical (unpaired) electrons. The summed E-state index contributed by atoms with van der Waals surface area (Å²) in [6, 6.07) is 7.21. The van der Waals surface area contributed by atoms with E-state index in [0.717, 1.165) is 18.5 Å². The minimum Gasteiger partial charge on any atom is -0.387 e. The Hall–Kier alpha value is -0.870. The number of aliphatic hydroxyl groups is 1. The molecule has 18 heavy (non-hydrogen) atoms. The monoisotopic (exact) mass is 269 g/mol. The summed E-state index contributed by atoms with van der Waals surface area (Å²) in [6.45, 7) is 6.19. The van der Waals surface area contributed by atoms with Crippen molar-refractivity contribution in [2.24, 2.45) is 0 Å². The Morgan fingerprint density at radius 1 is 1.33 bits per heavy atom. The van der Waals surface area contributed by atoms with Crippen LogP contribution in [0.2, 0.25) is 5.02 Å². The van der Waals surface area contributed by atoms with Crippen molar-refractivity contribution in [3.63, 3.8) is 0 Å². The van der Waals surface area contributed by atoms with Gasteiger partial charge < -0.3 is 15.2 Å². The minimum atomic E-state index is -0.518. The zero-order chi connectivity index (χ0) is 13.2. The van der Waals surface area contributed by atoms with Gasteiger partial charge in [0.15, 0.2) is 0 Å². The van der Waals surface area contributed by atoms with Crippen LogP contribution in [0.1, 0.15) is 18.1 Å². The summed E-state index contributed by atoms with van der Waals surface area (Å²) in [6.07, 6.45) is 2.18. The molecule has 2 N–H and O–H groups in total. The van der Waals surface area contributed by atoms with Gasteiger partial charge in [0, 0.05) is 18.1 Å². The standard InChI is InChI=1S/C14H20ClNO2/c1-2-3-9-18-10-8-16-11-14(17)12-4-6-13(15)7-5-12/h2,4-7,14,16-17H,1,3,8-11H2. The van der Waals surface area contributed by atoms with Gasteiger partial charge in [0.1, 0.15) is 0 Å². The third-order valence-corrected chi connectivity index (χ3v) is 2.73. The zero-order valence-electron chi connectivity index (χ0n) is 10.4. The fourth-order valence-electron chi connectivity index (χ4n) is 1.45. The molecule has 1 rings (SSSR count). The third kappa shape index (κ3) is 6.17. The molecule has 1 aromatic carbocycles. The van der Waals surface area contributed by atoms with Crippen LogP contribution in [0.25, 0.3) is 0 Å². The van der Waals surface area contributed by atoms with Crippen LogP contribution in [0.4, 0.5) is 0 Å². The summed E-state index contributed by atoms with van der Waals surface area (Å²) in [5.41, 5.74) is 0.861. The second-order valence-corrected chi connectivity index (χ2v) is 4.40. The Balaban J connectivity index is 2.11. The highest BCUT2D eigenvalue weighted by atomic mass is 35.5. The Labute approximate surface area is 113 Å². The Morgan fingerprint density at radius 3 is 2.72 bits per heavy atom. The van der Waals surface area contributed by atoms with E-state index >= 15 is 0 Å². The first-order valence-electron chi connectivity index (χ1n) is 6.07. The van der Waals surface area contributed by atoms with E-state index in [1.54, 1.807) is 12.1 Å². The lowest BCUT2D eigenvalue weighted by molar-refractivity contribution is 0.131. The molecular weight excluding hydrogens is 250 g/mol. The number of hydrogen-bond donors (Lipinski definition) is 2. The predicted octanol–water partition coefficient (Wildman–Crippen LogP) is 2.56. The molecular formula is C14H20ClNO2. The van der Waals surface area contributed by atoms with E-state index in [4.69, 9.17) is 16.3 Å². The average molecular weight is 270 g/mol. The highest BCUT2D eigenvalue weighted by molar-refractivity contribution is 6.30. The molecule has 3 nitrogen and oxygen atoms in total. The highest BCUT2D eigenvalue weighted by Crippen LogP contribution is 2.15. The van der Waals surface area contributed by atoms with Gasteiger partial charge in [-0.05, 0) is 24.1 Å². The molecule has 0 amide bonds. The number of benzene rings is 1. The van der Waals surface area contributed by atoms with Crippen molar-refractivity contribution in [3.8, 4) is 0 Å². The molecule has 0 aliphatic rings. The van der Waals surface area contributed by atoms with Gasteiger partial charge in [-0.3, -0.25) is 0 Å². The smallest absolute Gasteiger partial charge is 0.0914 e. The molecule has 0 saturated heterocycles. The van der Waals surface area contributed by atoms with Crippen molar-refractivity contribution < 1.29 is 9.84 Å². The molecule has 0 fully saturated rings. The van der Waals surface area contributed by atoms with Crippen LogP contribution in [0.5, 0.6) is 0 Å². The summed E-state index contributed by atoms with van der Waals surface area (Å²) < 4.78 is 5.34. The molecule has 0 spiro atoms. The Kier molecular flexibility index (Phi) is 7.69. The number of ether oxygens (including phenoxy) is 1. The van der Waals surface area contributed by atoms with Crippen LogP contribution >= 0.6 is 11.6 Å². The average Bonchev–Trinajstić information content (AvgIpc) is 2.38. The van der Waals surface area contributed by atoms with Gasteiger partial charge in [-0.2, -0.15) is 0 Å². The van der Waals surface area contributed by atoms with Crippen molar-refractivity contribution in [2.75, 3.05) is 26.3 Å². The number of nitrogens with one attached hydrogen (secondary N) is 1. The van der Waals surface area contributed by atoms with Gasteiger partial charge in [-0.15, -0.1) is 6.58 Å². The van der Waals surface area contributed by atoms with E-state index in [1.165, 1.54) is 0 Å². The molecule has 1 aromatic rings. The van der Waals surface area contributed by atoms with E-state index in [0.29, 0.717) is 24.8 Å².